The Balaban J connectivity index is 1.83. The maximum atomic E-state index is 11.9. The van der Waals surface area contributed by atoms with Crippen molar-refractivity contribution in [3.05, 3.63) is 53.6 Å². The van der Waals surface area contributed by atoms with Gasteiger partial charge in [0.15, 0.2) is 6.61 Å². The summed E-state index contributed by atoms with van der Waals surface area (Å²) in [6.45, 7) is 6.79. The Labute approximate surface area is 137 Å². The molecule has 0 aliphatic carbocycles. The van der Waals surface area contributed by atoms with Crippen molar-refractivity contribution in [2.75, 3.05) is 18.5 Å². The van der Waals surface area contributed by atoms with Crippen LogP contribution in [0.4, 0.5) is 5.69 Å². The zero-order valence-corrected chi connectivity index (χ0v) is 13.9. The molecule has 4 nitrogen and oxygen atoms in total. The summed E-state index contributed by atoms with van der Waals surface area (Å²) in [5.41, 5.74) is 3.07. The van der Waals surface area contributed by atoms with Crippen molar-refractivity contribution >= 4 is 11.6 Å². The molecule has 0 radical (unpaired) electrons. The fourth-order valence-corrected chi connectivity index (χ4v) is 2.00. The van der Waals surface area contributed by atoms with Crippen LogP contribution in [0, 0.1) is 13.8 Å². The van der Waals surface area contributed by atoms with E-state index in [0.29, 0.717) is 12.4 Å². The number of amides is 1. The molecule has 0 unspecified atom stereocenters. The highest BCUT2D eigenvalue weighted by Crippen LogP contribution is 2.17. The molecule has 0 heterocycles. The first-order valence-corrected chi connectivity index (χ1v) is 7.81. The van der Waals surface area contributed by atoms with Crippen LogP contribution in [0.1, 0.15) is 24.5 Å². The lowest BCUT2D eigenvalue weighted by Crippen LogP contribution is -2.20. The standard InChI is InChI=1S/C19H23NO3/c1-4-11-22-17-9-6-16(7-10-17)20-19(21)13-23-18-8-5-14(2)15(3)12-18/h5-10,12H,4,11,13H2,1-3H3,(H,20,21). The molecule has 0 bridgehead atoms. The second-order valence-electron chi connectivity index (χ2n) is 5.46. The quantitative estimate of drug-likeness (QED) is 0.837. The molecule has 0 saturated carbocycles. The molecule has 23 heavy (non-hydrogen) atoms. The van der Waals surface area contributed by atoms with Crippen molar-refractivity contribution in [2.45, 2.75) is 27.2 Å². The minimum atomic E-state index is -0.189. The van der Waals surface area contributed by atoms with Crippen LogP contribution in [0.5, 0.6) is 11.5 Å². The molecule has 0 aliphatic heterocycles. The van der Waals surface area contributed by atoms with Gasteiger partial charge in [-0.2, -0.15) is 0 Å². The monoisotopic (exact) mass is 313 g/mol. The SMILES string of the molecule is CCCOc1ccc(NC(=O)COc2ccc(C)c(C)c2)cc1. The van der Waals surface area contributed by atoms with Crippen molar-refractivity contribution in [1.82, 2.24) is 0 Å². The van der Waals surface area contributed by atoms with E-state index in [2.05, 4.69) is 12.2 Å². The second-order valence-corrected chi connectivity index (χ2v) is 5.46. The Morgan fingerprint density at radius 2 is 1.65 bits per heavy atom. The Hall–Kier alpha value is -2.49. The van der Waals surface area contributed by atoms with Crippen molar-refractivity contribution in [3.63, 3.8) is 0 Å². The summed E-state index contributed by atoms with van der Waals surface area (Å²) in [6, 6.07) is 13.1. The van der Waals surface area contributed by atoms with Gasteiger partial charge in [0.1, 0.15) is 11.5 Å². The van der Waals surface area contributed by atoms with E-state index in [1.165, 1.54) is 5.56 Å². The molecule has 4 heteroatoms. The topological polar surface area (TPSA) is 47.6 Å². The highest BCUT2D eigenvalue weighted by molar-refractivity contribution is 5.91. The van der Waals surface area contributed by atoms with Gasteiger partial charge in [-0.05, 0) is 67.8 Å². The molecule has 122 valence electrons. The van der Waals surface area contributed by atoms with Crippen LogP contribution in [-0.4, -0.2) is 19.1 Å². The first-order valence-electron chi connectivity index (χ1n) is 7.81. The van der Waals surface area contributed by atoms with Crippen LogP contribution >= 0.6 is 0 Å². The van der Waals surface area contributed by atoms with Crippen molar-refractivity contribution in [2.24, 2.45) is 0 Å². The number of carbonyl (C=O) groups excluding carboxylic acids is 1. The van der Waals surface area contributed by atoms with E-state index in [4.69, 9.17) is 9.47 Å². The number of nitrogens with one attached hydrogen (secondary N) is 1. The molecule has 1 N–H and O–H groups in total. The summed E-state index contributed by atoms with van der Waals surface area (Å²) in [6.07, 6.45) is 0.967. The first-order chi connectivity index (χ1) is 11.1. The summed E-state index contributed by atoms with van der Waals surface area (Å²) in [7, 11) is 0. The number of hydrogen-bond acceptors (Lipinski definition) is 3. The Morgan fingerprint density at radius 3 is 2.30 bits per heavy atom. The van der Waals surface area contributed by atoms with Crippen LogP contribution in [-0.2, 0) is 4.79 Å². The van der Waals surface area contributed by atoms with Gasteiger partial charge in [-0.1, -0.05) is 13.0 Å². The van der Waals surface area contributed by atoms with E-state index in [1.54, 1.807) is 0 Å². The highest BCUT2D eigenvalue weighted by Gasteiger charge is 2.05. The van der Waals surface area contributed by atoms with Gasteiger partial charge >= 0.3 is 0 Å². The lowest BCUT2D eigenvalue weighted by atomic mass is 10.1. The Morgan fingerprint density at radius 1 is 0.957 bits per heavy atom. The molecule has 2 rings (SSSR count). The fraction of sp³-hybridized carbons (Fsp3) is 0.316. The molecular weight excluding hydrogens is 290 g/mol. The van der Waals surface area contributed by atoms with Gasteiger partial charge in [0.25, 0.3) is 5.91 Å². The predicted octanol–water partition coefficient (Wildman–Crippen LogP) is 4.11. The predicted molar refractivity (Wildman–Crippen MR) is 92.3 cm³/mol. The average Bonchev–Trinajstić information content (AvgIpc) is 2.55. The molecule has 2 aromatic carbocycles. The maximum absolute atomic E-state index is 11.9. The van der Waals surface area contributed by atoms with E-state index in [-0.39, 0.29) is 12.5 Å². The summed E-state index contributed by atoms with van der Waals surface area (Å²) in [5.74, 6) is 1.31. The molecule has 0 aromatic heterocycles. The van der Waals surface area contributed by atoms with Gasteiger partial charge in [0.05, 0.1) is 6.61 Å². The zero-order chi connectivity index (χ0) is 16.7. The summed E-state index contributed by atoms with van der Waals surface area (Å²) in [4.78, 5) is 11.9. The lowest BCUT2D eigenvalue weighted by molar-refractivity contribution is -0.118. The largest absolute Gasteiger partial charge is 0.494 e. The third kappa shape index (κ3) is 5.33. The molecular formula is C19H23NO3. The minimum Gasteiger partial charge on any atom is -0.494 e. The van der Waals surface area contributed by atoms with E-state index in [0.717, 1.165) is 23.4 Å². The Bertz CT molecular complexity index is 650. The number of anilines is 1. The van der Waals surface area contributed by atoms with Gasteiger partial charge in [-0.25, -0.2) is 0 Å². The number of aryl methyl sites for hydroxylation is 2. The van der Waals surface area contributed by atoms with Gasteiger partial charge in [0.2, 0.25) is 0 Å². The van der Waals surface area contributed by atoms with E-state index in [9.17, 15) is 4.79 Å². The molecule has 1 amide bonds. The third-order valence-corrected chi connectivity index (χ3v) is 3.46. The third-order valence-electron chi connectivity index (χ3n) is 3.46. The summed E-state index contributed by atoms with van der Waals surface area (Å²) >= 11 is 0. The highest BCUT2D eigenvalue weighted by atomic mass is 16.5. The van der Waals surface area contributed by atoms with E-state index in [1.807, 2.05) is 56.3 Å². The van der Waals surface area contributed by atoms with Gasteiger partial charge in [-0.15, -0.1) is 0 Å². The van der Waals surface area contributed by atoms with Crippen LogP contribution in [0.2, 0.25) is 0 Å². The smallest absolute Gasteiger partial charge is 0.262 e. The average molecular weight is 313 g/mol. The van der Waals surface area contributed by atoms with Gasteiger partial charge in [0, 0.05) is 5.69 Å². The number of ether oxygens (including phenoxy) is 2. The molecule has 0 atom stereocenters. The summed E-state index contributed by atoms with van der Waals surface area (Å²) in [5, 5.41) is 2.80. The van der Waals surface area contributed by atoms with Crippen molar-refractivity contribution in [1.29, 1.82) is 0 Å². The van der Waals surface area contributed by atoms with Crippen molar-refractivity contribution in [3.8, 4) is 11.5 Å². The van der Waals surface area contributed by atoms with Crippen LogP contribution in [0.15, 0.2) is 42.5 Å². The minimum absolute atomic E-state index is 0.0173. The molecule has 0 saturated heterocycles. The molecule has 0 spiro atoms. The summed E-state index contributed by atoms with van der Waals surface area (Å²) < 4.78 is 11.0. The first kappa shape index (κ1) is 16.9. The number of rotatable bonds is 7. The zero-order valence-electron chi connectivity index (χ0n) is 13.9. The molecule has 0 fully saturated rings. The molecule has 2 aromatic rings. The second kappa shape index (κ2) is 8.22. The molecule has 0 aliphatic rings. The van der Waals surface area contributed by atoms with Crippen LogP contribution < -0.4 is 14.8 Å². The fourth-order valence-electron chi connectivity index (χ4n) is 2.00. The van der Waals surface area contributed by atoms with Crippen LogP contribution in [0.25, 0.3) is 0 Å². The number of hydrogen-bond donors (Lipinski definition) is 1. The van der Waals surface area contributed by atoms with Crippen molar-refractivity contribution < 1.29 is 14.3 Å². The van der Waals surface area contributed by atoms with E-state index < -0.39 is 0 Å². The van der Waals surface area contributed by atoms with E-state index >= 15 is 0 Å². The number of carbonyl (C=O) groups is 1. The van der Waals surface area contributed by atoms with Gasteiger partial charge in [-0.3, -0.25) is 4.79 Å². The normalized spacial score (nSPS) is 10.2. The lowest BCUT2D eigenvalue weighted by Gasteiger charge is -2.10. The number of benzene rings is 2. The Kier molecular flexibility index (Phi) is 6.03. The maximum Gasteiger partial charge on any atom is 0.262 e. The van der Waals surface area contributed by atoms with Gasteiger partial charge < -0.3 is 14.8 Å². The van der Waals surface area contributed by atoms with Crippen LogP contribution in [0.3, 0.4) is 0 Å².